The molecule has 3 N–H and O–H groups in total. The Bertz CT molecular complexity index is 937. The zero-order valence-corrected chi connectivity index (χ0v) is 18.8. The van der Waals surface area contributed by atoms with Crippen LogP contribution in [0, 0.1) is 11.3 Å². The highest BCUT2D eigenvalue weighted by atomic mass is 35.5. The van der Waals surface area contributed by atoms with E-state index in [0.29, 0.717) is 34.5 Å². The average molecular weight is 470 g/mol. The normalized spacial score (nSPS) is 10.7. The average Bonchev–Trinajstić information content (AvgIpc) is 2.66. The van der Waals surface area contributed by atoms with Crippen LogP contribution in [0.2, 0.25) is 10.0 Å². The van der Waals surface area contributed by atoms with Crippen molar-refractivity contribution in [3.05, 3.63) is 22.2 Å². The van der Waals surface area contributed by atoms with Crippen LogP contribution >= 0.6 is 35.0 Å². The predicted molar refractivity (Wildman–Crippen MR) is 118 cm³/mol. The number of amides is 1. The van der Waals surface area contributed by atoms with Gasteiger partial charge in [-0.25, -0.2) is 4.98 Å². The number of nitrogens with two attached hydrogens (primary N) is 1. The lowest BCUT2D eigenvalue weighted by Crippen LogP contribution is -2.31. The molecule has 0 aliphatic heterocycles. The summed E-state index contributed by atoms with van der Waals surface area (Å²) in [5.41, 5.74) is 6.25. The van der Waals surface area contributed by atoms with Crippen LogP contribution in [0.4, 0.5) is 5.95 Å². The van der Waals surface area contributed by atoms with Gasteiger partial charge in [0, 0.05) is 30.8 Å². The van der Waals surface area contributed by atoms with E-state index in [9.17, 15) is 4.79 Å². The van der Waals surface area contributed by atoms with E-state index in [0.717, 1.165) is 6.54 Å². The fourth-order valence-electron chi connectivity index (χ4n) is 2.22. The van der Waals surface area contributed by atoms with Crippen LogP contribution in [0.25, 0.3) is 11.4 Å². The fraction of sp³-hybridized carbons (Fsp3) is 0.389. The van der Waals surface area contributed by atoms with Crippen molar-refractivity contribution in [2.45, 2.75) is 11.6 Å². The molecule has 0 radical (unpaired) electrons. The minimum Gasteiger partial charge on any atom is -0.477 e. The minimum atomic E-state index is -0.169. The molecule has 30 heavy (non-hydrogen) atoms. The fourth-order valence-corrected chi connectivity index (χ4v) is 3.52. The summed E-state index contributed by atoms with van der Waals surface area (Å²) in [4.78, 5) is 26.5. The first-order chi connectivity index (χ1) is 14.3. The number of hydrogen-bond acceptors (Lipinski definition) is 9. The molecular formula is C18H21Cl2N7O2S. The maximum absolute atomic E-state index is 11.9. The van der Waals surface area contributed by atoms with Gasteiger partial charge in [0.15, 0.2) is 17.6 Å². The molecule has 0 atom stereocenters. The Labute approximate surface area is 188 Å². The van der Waals surface area contributed by atoms with Crippen molar-refractivity contribution in [3.8, 4) is 23.2 Å². The first kappa shape index (κ1) is 24.0. The lowest BCUT2D eigenvalue weighted by atomic mass is 10.2. The van der Waals surface area contributed by atoms with E-state index in [-0.39, 0.29) is 35.1 Å². The number of carbonyl (C=O) groups excluding carboxylic acids is 1. The molecule has 9 nitrogen and oxygen atoms in total. The van der Waals surface area contributed by atoms with E-state index in [2.05, 4.69) is 20.3 Å². The number of carbonyl (C=O) groups is 1. The van der Waals surface area contributed by atoms with Crippen LogP contribution in [0.3, 0.4) is 0 Å². The van der Waals surface area contributed by atoms with Gasteiger partial charge < -0.3 is 20.7 Å². The predicted octanol–water partition coefficient (Wildman–Crippen LogP) is 2.49. The number of nitrogen functional groups attached to an aromatic ring is 1. The molecule has 0 fully saturated rings. The third-order valence-electron chi connectivity index (χ3n) is 3.63. The zero-order valence-electron chi connectivity index (χ0n) is 16.5. The number of nitrogens with zero attached hydrogens (tertiary/aromatic N) is 5. The summed E-state index contributed by atoms with van der Waals surface area (Å²) in [6, 6.07) is 4.90. The van der Waals surface area contributed by atoms with E-state index in [1.807, 2.05) is 25.1 Å². The maximum Gasteiger partial charge on any atom is 0.224 e. The summed E-state index contributed by atoms with van der Waals surface area (Å²) in [5.74, 6) is 0.959. The Morgan fingerprint density at radius 1 is 1.30 bits per heavy atom. The summed E-state index contributed by atoms with van der Waals surface area (Å²) < 4.78 is 5.29. The number of nitriles is 1. The van der Waals surface area contributed by atoms with Gasteiger partial charge in [0.05, 0.1) is 10.0 Å². The first-order valence-electron chi connectivity index (χ1n) is 8.85. The smallest absolute Gasteiger partial charge is 0.224 e. The lowest BCUT2D eigenvalue weighted by Gasteiger charge is -2.11. The van der Waals surface area contributed by atoms with E-state index in [1.54, 1.807) is 6.07 Å². The van der Waals surface area contributed by atoms with E-state index >= 15 is 0 Å². The summed E-state index contributed by atoms with van der Waals surface area (Å²) >= 11 is 13.7. The molecule has 0 aliphatic rings. The summed E-state index contributed by atoms with van der Waals surface area (Å²) in [5, 5.41) is 12.5. The van der Waals surface area contributed by atoms with Gasteiger partial charge in [-0.15, -0.1) is 0 Å². The Hall–Kier alpha value is -2.32. The lowest BCUT2D eigenvalue weighted by molar-refractivity contribution is -0.120. The van der Waals surface area contributed by atoms with Crippen LogP contribution in [0.5, 0.6) is 5.75 Å². The van der Waals surface area contributed by atoms with Gasteiger partial charge in [0.1, 0.15) is 11.8 Å². The molecule has 0 bridgehead atoms. The van der Waals surface area contributed by atoms with Crippen molar-refractivity contribution in [3.63, 3.8) is 0 Å². The molecule has 2 aromatic rings. The number of nitrogens with one attached hydrogen (secondary N) is 1. The third-order valence-corrected chi connectivity index (χ3v) is 5.09. The van der Waals surface area contributed by atoms with Crippen LogP contribution < -0.4 is 15.8 Å². The van der Waals surface area contributed by atoms with Crippen molar-refractivity contribution in [2.75, 3.05) is 45.3 Å². The Kier molecular flexibility index (Phi) is 9.39. The number of thioether (sulfide) groups is 1. The number of halogens is 2. The second-order valence-electron chi connectivity index (χ2n) is 6.26. The van der Waals surface area contributed by atoms with Crippen LogP contribution in [-0.2, 0) is 4.79 Å². The molecule has 1 heterocycles. The summed E-state index contributed by atoms with van der Waals surface area (Å²) in [6.45, 7) is 1.19. The van der Waals surface area contributed by atoms with Crippen LogP contribution in [-0.4, -0.2) is 65.3 Å². The van der Waals surface area contributed by atoms with Gasteiger partial charge >= 0.3 is 0 Å². The molecule has 1 aromatic heterocycles. The molecule has 0 aliphatic carbocycles. The van der Waals surface area contributed by atoms with Crippen LogP contribution in [0.15, 0.2) is 17.3 Å². The first-order valence-corrected chi connectivity index (χ1v) is 10.6. The quantitative estimate of drug-likeness (QED) is 0.503. The summed E-state index contributed by atoms with van der Waals surface area (Å²) in [7, 11) is 3.88. The van der Waals surface area contributed by atoms with Gasteiger partial charge in [0.2, 0.25) is 11.9 Å². The topological polar surface area (TPSA) is 130 Å². The zero-order chi connectivity index (χ0) is 22.1. The number of ether oxygens (including phenoxy) is 1. The second kappa shape index (κ2) is 11.8. The number of benzene rings is 1. The summed E-state index contributed by atoms with van der Waals surface area (Å²) in [6.07, 6.45) is 0.312. The Morgan fingerprint density at radius 3 is 2.77 bits per heavy atom. The van der Waals surface area contributed by atoms with Crippen molar-refractivity contribution in [1.82, 2.24) is 25.2 Å². The molecule has 2 rings (SSSR count). The highest BCUT2D eigenvalue weighted by Crippen LogP contribution is 2.36. The number of hydrogen-bond donors (Lipinski definition) is 2. The molecule has 0 saturated heterocycles. The molecule has 1 aromatic carbocycles. The Balaban J connectivity index is 2.08. The van der Waals surface area contributed by atoms with Gasteiger partial charge in [0.25, 0.3) is 0 Å². The van der Waals surface area contributed by atoms with Crippen molar-refractivity contribution in [1.29, 1.82) is 5.26 Å². The van der Waals surface area contributed by atoms with Crippen molar-refractivity contribution < 1.29 is 9.53 Å². The van der Waals surface area contributed by atoms with Gasteiger partial charge in [-0.05, 0) is 26.2 Å². The molecule has 12 heteroatoms. The van der Waals surface area contributed by atoms with Gasteiger partial charge in [-0.3, -0.25) is 4.79 Å². The SMILES string of the molecule is CN(C)CCNC(=O)CCSc1nc(N)nc(-c2cc(OCC#N)c(Cl)cc2Cl)n1. The van der Waals surface area contributed by atoms with Gasteiger partial charge in [-0.1, -0.05) is 35.0 Å². The number of rotatable bonds is 10. The minimum absolute atomic E-state index is 0.0171. The van der Waals surface area contributed by atoms with Crippen LogP contribution in [0.1, 0.15) is 6.42 Å². The highest BCUT2D eigenvalue weighted by Gasteiger charge is 2.15. The van der Waals surface area contributed by atoms with Gasteiger partial charge in [-0.2, -0.15) is 15.2 Å². The molecular weight excluding hydrogens is 449 g/mol. The van der Waals surface area contributed by atoms with E-state index < -0.39 is 0 Å². The third kappa shape index (κ3) is 7.50. The molecule has 0 spiro atoms. The Morgan fingerprint density at radius 2 is 2.07 bits per heavy atom. The second-order valence-corrected chi connectivity index (χ2v) is 8.14. The molecule has 160 valence electrons. The van der Waals surface area contributed by atoms with Crippen molar-refractivity contribution in [2.24, 2.45) is 0 Å². The van der Waals surface area contributed by atoms with E-state index in [1.165, 1.54) is 17.8 Å². The molecule has 0 saturated carbocycles. The van der Waals surface area contributed by atoms with Crippen molar-refractivity contribution >= 4 is 46.8 Å². The van der Waals surface area contributed by atoms with E-state index in [4.69, 9.17) is 38.9 Å². The number of anilines is 1. The monoisotopic (exact) mass is 469 g/mol. The largest absolute Gasteiger partial charge is 0.477 e. The number of aromatic nitrogens is 3. The molecule has 0 unspecified atom stereocenters. The maximum atomic E-state index is 11.9. The molecule has 1 amide bonds. The standard InChI is InChI=1S/C18H21Cl2N7O2S/c1-27(2)6-5-23-15(28)3-8-30-18-25-16(24-17(22)26-18)11-9-14(29-7-4-21)13(20)10-12(11)19/h9-10H,3,5-8H2,1-2H3,(H,23,28)(H2,22,24,25,26). The number of likely N-dealkylation sites (N-methyl/N-ethyl adjacent to an activating group) is 1. The highest BCUT2D eigenvalue weighted by molar-refractivity contribution is 7.99.